The van der Waals surface area contributed by atoms with Gasteiger partial charge in [-0.25, -0.2) is 4.79 Å². The minimum Gasteiger partial charge on any atom is -0.481 e. The highest BCUT2D eigenvalue weighted by molar-refractivity contribution is 7.98. The standard InChI is InChI=1S/C16H30N6O6S/c1-29-8-6-9(17)13(25)21-10(3-2-7-20-16(18)19)14(26)22-11(15(27)28)4-5-12(23)24/h9-11H,2-8,17H2,1H3,(H,21,25)(H,22,26)(H,23,24)(H,27,28)(H4,18,19,20)/t9-,10-,11-/m0/s1. The van der Waals surface area contributed by atoms with Crippen molar-refractivity contribution in [1.82, 2.24) is 10.6 Å². The molecule has 29 heavy (non-hydrogen) atoms. The van der Waals surface area contributed by atoms with Gasteiger partial charge in [-0.1, -0.05) is 0 Å². The molecule has 10 N–H and O–H groups in total. The minimum absolute atomic E-state index is 0.117. The van der Waals surface area contributed by atoms with Crippen LogP contribution in [0.4, 0.5) is 0 Å². The van der Waals surface area contributed by atoms with Crippen molar-refractivity contribution < 1.29 is 29.4 Å². The number of nitrogens with two attached hydrogens (primary N) is 3. The van der Waals surface area contributed by atoms with Gasteiger partial charge in [0.05, 0.1) is 6.04 Å². The van der Waals surface area contributed by atoms with Crippen molar-refractivity contribution in [3.63, 3.8) is 0 Å². The molecular formula is C16H30N6O6S. The lowest BCUT2D eigenvalue weighted by Gasteiger charge is -2.22. The minimum atomic E-state index is -1.40. The van der Waals surface area contributed by atoms with Crippen molar-refractivity contribution in [3.8, 4) is 0 Å². The highest BCUT2D eigenvalue weighted by Crippen LogP contribution is 2.05. The van der Waals surface area contributed by atoms with Crippen molar-refractivity contribution in [2.45, 2.75) is 50.2 Å². The third kappa shape index (κ3) is 12.5. The van der Waals surface area contributed by atoms with E-state index in [1.165, 1.54) is 11.8 Å². The first-order valence-electron chi connectivity index (χ1n) is 8.93. The molecule has 0 radical (unpaired) electrons. The van der Waals surface area contributed by atoms with Crippen LogP contribution >= 0.6 is 11.8 Å². The molecule has 166 valence electrons. The molecule has 12 nitrogen and oxygen atoms in total. The largest absolute Gasteiger partial charge is 0.481 e. The lowest BCUT2D eigenvalue weighted by Crippen LogP contribution is -2.54. The molecule has 0 fully saturated rings. The highest BCUT2D eigenvalue weighted by Gasteiger charge is 2.28. The van der Waals surface area contributed by atoms with Gasteiger partial charge in [0, 0.05) is 13.0 Å². The van der Waals surface area contributed by atoms with E-state index < -0.39 is 48.3 Å². The summed E-state index contributed by atoms with van der Waals surface area (Å²) in [5, 5.41) is 22.7. The van der Waals surface area contributed by atoms with Crippen LogP contribution in [0.25, 0.3) is 0 Å². The van der Waals surface area contributed by atoms with Crippen molar-refractivity contribution in [2.24, 2.45) is 22.2 Å². The van der Waals surface area contributed by atoms with Gasteiger partial charge >= 0.3 is 11.9 Å². The molecule has 0 spiro atoms. The summed E-state index contributed by atoms with van der Waals surface area (Å²) in [5.74, 6) is -3.31. The second-order valence-corrected chi connectivity index (χ2v) is 7.22. The zero-order valence-electron chi connectivity index (χ0n) is 16.3. The topological polar surface area (TPSA) is 223 Å². The van der Waals surface area contributed by atoms with Crippen LogP contribution in [0.3, 0.4) is 0 Å². The maximum atomic E-state index is 12.5. The normalized spacial score (nSPS) is 13.6. The fourth-order valence-electron chi connectivity index (χ4n) is 2.22. The molecule has 0 aromatic heterocycles. The Morgan fingerprint density at radius 1 is 1.00 bits per heavy atom. The van der Waals surface area contributed by atoms with Gasteiger partial charge in [0.25, 0.3) is 0 Å². The van der Waals surface area contributed by atoms with Crippen molar-refractivity contribution >= 4 is 41.5 Å². The van der Waals surface area contributed by atoms with E-state index in [9.17, 15) is 24.3 Å². The Morgan fingerprint density at radius 3 is 2.14 bits per heavy atom. The fraction of sp³-hybridized carbons (Fsp3) is 0.688. The summed E-state index contributed by atoms with van der Waals surface area (Å²) in [4.78, 5) is 50.5. The van der Waals surface area contributed by atoms with E-state index in [2.05, 4.69) is 15.6 Å². The van der Waals surface area contributed by atoms with Crippen LogP contribution in [0.1, 0.15) is 32.1 Å². The number of aliphatic imine (C=N–C) groups is 1. The Balaban J connectivity index is 5.09. The van der Waals surface area contributed by atoms with Crippen LogP contribution in [-0.4, -0.2) is 76.6 Å². The van der Waals surface area contributed by atoms with Crippen LogP contribution < -0.4 is 27.8 Å². The number of carbonyl (C=O) groups is 4. The van der Waals surface area contributed by atoms with Gasteiger partial charge in [0.1, 0.15) is 12.1 Å². The third-order valence-electron chi connectivity index (χ3n) is 3.81. The SMILES string of the molecule is CSCC[C@H](N)C(=O)N[C@@H](CCCN=C(N)N)C(=O)N[C@@H](CCC(=O)O)C(=O)O. The van der Waals surface area contributed by atoms with Crippen LogP contribution in [-0.2, 0) is 19.2 Å². The highest BCUT2D eigenvalue weighted by atomic mass is 32.2. The van der Waals surface area contributed by atoms with E-state index >= 15 is 0 Å². The maximum absolute atomic E-state index is 12.5. The molecule has 0 aromatic carbocycles. The molecule has 0 aromatic rings. The Hall–Kier alpha value is -2.54. The number of amides is 2. The van der Waals surface area contributed by atoms with Gasteiger partial charge in [-0.2, -0.15) is 11.8 Å². The Labute approximate surface area is 173 Å². The molecule has 0 saturated carbocycles. The Bertz CT molecular complexity index is 598. The van der Waals surface area contributed by atoms with Crippen molar-refractivity contribution in [2.75, 3.05) is 18.6 Å². The average Bonchev–Trinajstić information content (AvgIpc) is 2.64. The number of aliphatic carboxylic acids is 2. The zero-order chi connectivity index (χ0) is 22.4. The molecule has 13 heteroatoms. The summed E-state index contributed by atoms with van der Waals surface area (Å²) in [5.41, 5.74) is 16.3. The van der Waals surface area contributed by atoms with Crippen molar-refractivity contribution in [3.05, 3.63) is 0 Å². The Kier molecular flexibility index (Phi) is 13.2. The summed E-state index contributed by atoms with van der Waals surface area (Å²) in [6.45, 7) is 0.210. The number of carboxylic acid groups (broad SMARTS) is 2. The first-order valence-corrected chi connectivity index (χ1v) is 10.3. The first kappa shape index (κ1) is 26.5. The van der Waals surface area contributed by atoms with E-state index in [1.54, 1.807) is 0 Å². The number of thioether (sulfide) groups is 1. The lowest BCUT2D eigenvalue weighted by atomic mass is 10.1. The van der Waals surface area contributed by atoms with Crippen LogP contribution in [0.2, 0.25) is 0 Å². The number of hydrogen-bond acceptors (Lipinski definition) is 7. The zero-order valence-corrected chi connectivity index (χ0v) is 17.1. The molecule has 2 amide bonds. The van der Waals surface area contributed by atoms with E-state index in [0.29, 0.717) is 18.6 Å². The average molecular weight is 435 g/mol. The number of hydrogen-bond donors (Lipinski definition) is 7. The summed E-state index contributed by atoms with van der Waals surface area (Å²) in [7, 11) is 0. The number of nitrogens with zero attached hydrogens (tertiary/aromatic N) is 1. The lowest BCUT2D eigenvalue weighted by molar-refractivity contribution is -0.143. The van der Waals surface area contributed by atoms with Gasteiger partial charge in [-0.3, -0.25) is 19.4 Å². The number of carbonyl (C=O) groups excluding carboxylic acids is 2. The molecule has 0 aliphatic heterocycles. The van der Waals surface area contributed by atoms with Gasteiger partial charge in [0.2, 0.25) is 11.8 Å². The van der Waals surface area contributed by atoms with Gasteiger partial charge in [0.15, 0.2) is 5.96 Å². The summed E-state index contributed by atoms with van der Waals surface area (Å²) >= 11 is 1.52. The third-order valence-corrected chi connectivity index (χ3v) is 4.45. The number of guanidine groups is 1. The smallest absolute Gasteiger partial charge is 0.326 e. The van der Waals surface area contributed by atoms with Crippen LogP contribution in [0, 0.1) is 0 Å². The molecule has 0 heterocycles. The second kappa shape index (κ2) is 14.5. The summed E-state index contributed by atoms with van der Waals surface area (Å²) < 4.78 is 0. The molecular weight excluding hydrogens is 404 g/mol. The van der Waals surface area contributed by atoms with Crippen LogP contribution in [0.5, 0.6) is 0 Å². The number of carboxylic acids is 2. The number of rotatable bonds is 15. The van der Waals surface area contributed by atoms with E-state index in [1.807, 2.05) is 6.26 Å². The predicted molar refractivity (Wildman–Crippen MR) is 109 cm³/mol. The fourth-order valence-corrected chi connectivity index (χ4v) is 2.71. The van der Waals surface area contributed by atoms with Gasteiger partial charge < -0.3 is 38.0 Å². The number of nitrogens with one attached hydrogen (secondary N) is 2. The molecule has 3 atom stereocenters. The summed E-state index contributed by atoms with van der Waals surface area (Å²) in [6, 6.07) is -3.29. The molecule has 0 saturated heterocycles. The van der Waals surface area contributed by atoms with E-state index in [4.69, 9.17) is 22.3 Å². The molecule has 0 aliphatic carbocycles. The first-order chi connectivity index (χ1) is 13.6. The van der Waals surface area contributed by atoms with E-state index in [-0.39, 0.29) is 25.3 Å². The molecule has 0 unspecified atom stereocenters. The molecule has 0 bridgehead atoms. The van der Waals surface area contributed by atoms with Gasteiger partial charge in [-0.15, -0.1) is 0 Å². The quantitative estimate of drug-likeness (QED) is 0.0855. The van der Waals surface area contributed by atoms with Crippen LogP contribution in [0.15, 0.2) is 4.99 Å². The van der Waals surface area contributed by atoms with E-state index in [0.717, 1.165) is 0 Å². The summed E-state index contributed by atoms with van der Waals surface area (Å²) in [6.07, 6.45) is 2.02. The van der Waals surface area contributed by atoms with Crippen molar-refractivity contribution in [1.29, 1.82) is 0 Å². The predicted octanol–water partition coefficient (Wildman–Crippen LogP) is -1.96. The Morgan fingerprint density at radius 2 is 1.62 bits per heavy atom. The maximum Gasteiger partial charge on any atom is 0.326 e. The molecule has 0 rings (SSSR count). The van der Waals surface area contributed by atoms with Gasteiger partial charge in [-0.05, 0) is 37.7 Å². The monoisotopic (exact) mass is 434 g/mol. The molecule has 0 aliphatic rings. The second-order valence-electron chi connectivity index (χ2n) is 6.23.